The molecule has 1 heterocycles. The highest BCUT2D eigenvalue weighted by Crippen LogP contribution is 2.22. The average Bonchev–Trinajstić information content (AvgIpc) is 2.59. The molecule has 1 aliphatic rings. The Morgan fingerprint density at radius 2 is 2.46 bits per heavy atom. The summed E-state index contributed by atoms with van der Waals surface area (Å²) in [6.45, 7) is 3.80. The molecule has 1 aromatic rings. The van der Waals surface area contributed by atoms with Crippen molar-refractivity contribution in [1.82, 2.24) is 15.0 Å². The highest BCUT2D eigenvalue weighted by Gasteiger charge is 2.22. The van der Waals surface area contributed by atoms with Crippen LogP contribution in [0.15, 0.2) is 0 Å². The molecular weight excluding hydrogens is 164 g/mol. The number of rotatable bonds is 2. The van der Waals surface area contributed by atoms with E-state index in [4.69, 9.17) is 5.73 Å². The van der Waals surface area contributed by atoms with Crippen molar-refractivity contribution in [3.63, 3.8) is 0 Å². The van der Waals surface area contributed by atoms with Crippen LogP contribution in [0.3, 0.4) is 0 Å². The SMILES string of the molecule is CCn1nnc2c1CC(CN)CC2. The van der Waals surface area contributed by atoms with Crippen molar-refractivity contribution in [3.8, 4) is 0 Å². The third-order valence-corrected chi connectivity index (χ3v) is 2.82. The van der Waals surface area contributed by atoms with Crippen LogP contribution in [0.4, 0.5) is 0 Å². The molecule has 2 N–H and O–H groups in total. The van der Waals surface area contributed by atoms with E-state index < -0.39 is 0 Å². The Balaban J connectivity index is 2.25. The minimum Gasteiger partial charge on any atom is -0.330 e. The highest BCUT2D eigenvalue weighted by molar-refractivity contribution is 5.14. The second-order valence-corrected chi connectivity index (χ2v) is 3.64. The lowest BCUT2D eigenvalue weighted by Gasteiger charge is -2.20. The van der Waals surface area contributed by atoms with Gasteiger partial charge in [0.05, 0.1) is 11.4 Å². The van der Waals surface area contributed by atoms with Crippen LogP contribution in [0.25, 0.3) is 0 Å². The number of hydrogen-bond donors (Lipinski definition) is 1. The number of hydrogen-bond acceptors (Lipinski definition) is 3. The van der Waals surface area contributed by atoms with E-state index in [1.807, 2.05) is 4.68 Å². The van der Waals surface area contributed by atoms with Gasteiger partial charge in [-0.2, -0.15) is 0 Å². The van der Waals surface area contributed by atoms with Crippen molar-refractivity contribution in [3.05, 3.63) is 11.4 Å². The van der Waals surface area contributed by atoms with Gasteiger partial charge in [-0.25, -0.2) is 4.68 Å². The molecule has 0 spiro atoms. The summed E-state index contributed by atoms with van der Waals surface area (Å²) in [4.78, 5) is 0. The summed E-state index contributed by atoms with van der Waals surface area (Å²) in [5.41, 5.74) is 8.17. The van der Waals surface area contributed by atoms with Crippen molar-refractivity contribution in [2.45, 2.75) is 32.7 Å². The van der Waals surface area contributed by atoms with Gasteiger partial charge in [-0.1, -0.05) is 5.21 Å². The minimum atomic E-state index is 0.635. The lowest BCUT2D eigenvalue weighted by Crippen LogP contribution is -2.23. The second kappa shape index (κ2) is 3.46. The molecule has 4 nitrogen and oxygen atoms in total. The molecule has 4 heteroatoms. The average molecular weight is 180 g/mol. The summed E-state index contributed by atoms with van der Waals surface area (Å²) in [6, 6.07) is 0. The first-order valence-corrected chi connectivity index (χ1v) is 4.96. The maximum atomic E-state index is 5.67. The lowest BCUT2D eigenvalue weighted by atomic mass is 9.90. The van der Waals surface area contributed by atoms with Gasteiger partial charge in [0.1, 0.15) is 0 Å². The predicted octanol–water partition coefficient (Wildman–Crippen LogP) is 0.362. The summed E-state index contributed by atoms with van der Waals surface area (Å²) in [5.74, 6) is 0.635. The Morgan fingerprint density at radius 3 is 3.15 bits per heavy atom. The van der Waals surface area contributed by atoms with E-state index in [0.29, 0.717) is 5.92 Å². The number of nitrogens with two attached hydrogens (primary N) is 1. The molecular formula is C9H16N4. The minimum absolute atomic E-state index is 0.635. The van der Waals surface area contributed by atoms with Gasteiger partial charge >= 0.3 is 0 Å². The fourth-order valence-electron chi connectivity index (χ4n) is 1.96. The maximum Gasteiger partial charge on any atom is 0.0859 e. The van der Waals surface area contributed by atoms with E-state index in [1.165, 1.54) is 17.8 Å². The van der Waals surface area contributed by atoms with Crippen molar-refractivity contribution in [2.24, 2.45) is 11.7 Å². The second-order valence-electron chi connectivity index (χ2n) is 3.64. The molecule has 72 valence electrons. The Labute approximate surface area is 78.1 Å². The standard InChI is InChI=1S/C9H16N4/c1-2-13-9-5-7(6-10)3-4-8(9)11-12-13/h7H,2-6,10H2,1H3. The first-order valence-electron chi connectivity index (χ1n) is 4.96. The molecule has 1 atom stereocenters. The van der Waals surface area contributed by atoms with Crippen molar-refractivity contribution < 1.29 is 0 Å². The zero-order chi connectivity index (χ0) is 9.26. The Bertz CT molecular complexity index is 278. The van der Waals surface area contributed by atoms with E-state index >= 15 is 0 Å². The molecule has 0 bridgehead atoms. The van der Waals surface area contributed by atoms with Crippen molar-refractivity contribution in [2.75, 3.05) is 6.54 Å². The summed E-state index contributed by atoms with van der Waals surface area (Å²) >= 11 is 0. The zero-order valence-corrected chi connectivity index (χ0v) is 8.03. The van der Waals surface area contributed by atoms with Crippen LogP contribution in [-0.4, -0.2) is 21.5 Å². The number of fused-ring (bicyclic) bond motifs is 1. The zero-order valence-electron chi connectivity index (χ0n) is 8.03. The number of nitrogens with zero attached hydrogens (tertiary/aromatic N) is 3. The maximum absolute atomic E-state index is 5.67. The molecule has 0 fully saturated rings. The molecule has 13 heavy (non-hydrogen) atoms. The molecule has 1 unspecified atom stereocenters. The Morgan fingerprint density at radius 1 is 1.62 bits per heavy atom. The first-order chi connectivity index (χ1) is 6.35. The van der Waals surface area contributed by atoms with Gasteiger partial charge in [-0.05, 0) is 38.6 Å². The fourth-order valence-corrected chi connectivity index (χ4v) is 1.96. The number of aromatic nitrogens is 3. The largest absolute Gasteiger partial charge is 0.330 e. The van der Waals surface area contributed by atoms with Crippen molar-refractivity contribution >= 4 is 0 Å². The monoisotopic (exact) mass is 180 g/mol. The van der Waals surface area contributed by atoms with Crippen LogP contribution < -0.4 is 5.73 Å². The molecule has 0 aromatic carbocycles. The molecule has 0 radical (unpaired) electrons. The van der Waals surface area contributed by atoms with Crippen LogP contribution >= 0.6 is 0 Å². The molecule has 2 rings (SSSR count). The Kier molecular flexibility index (Phi) is 2.31. The molecule has 1 aromatic heterocycles. The van der Waals surface area contributed by atoms with Gasteiger partial charge in [-0.15, -0.1) is 5.10 Å². The van der Waals surface area contributed by atoms with Crippen LogP contribution in [-0.2, 0) is 19.4 Å². The summed E-state index contributed by atoms with van der Waals surface area (Å²) < 4.78 is 2.00. The molecule has 1 aliphatic carbocycles. The summed E-state index contributed by atoms with van der Waals surface area (Å²) in [5, 5.41) is 8.28. The van der Waals surface area contributed by atoms with Gasteiger partial charge in [0, 0.05) is 6.54 Å². The first kappa shape index (κ1) is 8.69. The van der Waals surface area contributed by atoms with Crippen LogP contribution in [0.5, 0.6) is 0 Å². The third kappa shape index (κ3) is 1.46. The van der Waals surface area contributed by atoms with Gasteiger partial charge in [-0.3, -0.25) is 0 Å². The van der Waals surface area contributed by atoms with Gasteiger partial charge in [0.25, 0.3) is 0 Å². The van der Waals surface area contributed by atoms with Gasteiger partial charge < -0.3 is 5.73 Å². The normalized spacial score (nSPS) is 21.5. The predicted molar refractivity (Wildman–Crippen MR) is 50.3 cm³/mol. The topological polar surface area (TPSA) is 56.7 Å². The van der Waals surface area contributed by atoms with Crippen LogP contribution in [0.2, 0.25) is 0 Å². The summed E-state index contributed by atoms with van der Waals surface area (Å²) in [7, 11) is 0. The molecule has 0 amide bonds. The van der Waals surface area contributed by atoms with E-state index in [2.05, 4.69) is 17.2 Å². The molecule has 0 saturated carbocycles. The quantitative estimate of drug-likeness (QED) is 0.715. The molecule has 0 saturated heterocycles. The molecule has 0 aliphatic heterocycles. The Hall–Kier alpha value is -0.900. The third-order valence-electron chi connectivity index (χ3n) is 2.82. The van der Waals surface area contributed by atoms with Crippen LogP contribution in [0.1, 0.15) is 24.7 Å². The van der Waals surface area contributed by atoms with Crippen molar-refractivity contribution in [1.29, 1.82) is 0 Å². The van der Waals surface area contributed by atoms with Gasteiger partial charge in [0.2, 0.25) is 0 Å². The smallest absolute Gasteiger partial charge is 0.0859 e. The number of aryl methyl sites for hydroxylation is 2. The van der Waals surface area contributed by atoms with E-state index in [1.54, 1.807) is 0 Å². The highest BCUT2D eigenvalue weighted by atomic mass is 15.4. The fraction of sp³-hybridized carbons (Fsp3) is 0.778. The van der Waals surface area contributed by atoms with E-state index in [-0.39, 0.29) is 0 Å². The van der Waals surface area contributed by atoms with E-state index in [9.17, 15) is 0 Å². The van der Waals surface area contributed by atoms with Crippen LogP contribution in [0, 0.1) is 5.92 Å². The van der Waals surface area contributed by atoms with E-state index in [0.717, 1.165) is 25.9 Å². The summed E-state index contributed by atoms with van der Waals surface area (Å²) in [6.07, 6.45) is 3.29. The van der Waals surface area contributed by atoms with Gasteiger partial charge in [0.15, 0.2) is 0 Å². The lowest BCUT2D eigenvalue weighted by molar-refractivity contribution is 0.445.